The number of ether oxygens (including phenoxy) is 1. The van der Waals surface area contributed by atoms with Crippen molar-refractivity contribution in [2.45, 2.75) is 6.61 Å². The first-order chi connectivity index (χ1) is 7.45. The average Bonchev–Trinajstić information content (AvgIpc) is 2.14. The van der Waals surface area contributed by atoms with Crippen molar-refractivity contribution in [2.24, 2.45) is 0 Å². The van der Waals surface area contributed by atoms with Crippen LogP contribution in [-0.2, 0) is 0 Å². The Balaban J connectivity index is 3.37. The minimum atomic E-state index is -3.31. The Morgan fingerprint density at radius 1 is 1.44 bits per heavy atom. The zero-order chi connectivity index (χ0) is 12.3. The van der Waals surface area contributed by atoms with Crippen LogP contribution in [0.4, 0.5) is 13.2 Å². The van der Waals surface area contributed by atoms with Crippen LogP contribution in [0.25, 0.3) is 0 Å². The Morgan fingerprint density at radius 2 is 2.06 bits per heavy atom. The highest BCUT2D eigenvalue weighted by Gasteiger charge is 2.20. The summed E-state index contributed by atoms with van der Waals surface area (Å²) >= 11 is 0. The highest BCUT2D eigenvalue weighted by Crippen LogP contribution is 2.25. The number of hydrogen-bond acceptors (Lipinski definition) is 3. The second kappa shape index (κ2) is 4.65. The van der Waals surface area contributed by atoms with E-state index in [1.54, 1.807) is 0 Å². The van der Waals surface area contributed by atoms with Gasteiger partial charge >= 0.3 is 12.6 Å². The summed E-state index contributed by atoms with van der Waals surface area (Å²) in [5.74, 6) is -3.58. The molecule has 0 unspecified atom stereocenters. The van der Waals surface area contributed by atoms with Crippen LogP contribution in [0.5, 0.6) is 5.75 Å². The number of hydrogen-bond donors (Lipinski definition) is 1. The standard InChI is InChI=1S/C9H5F3O4/c10-5-1-4(3-13)7(8(14)15)6(2-5)16-9(11)12/h1-3,9H,(H,14,15). The van der Waals surface area contributed by atoms with E-state index in [4.69, 9.17) is 5.11 Å². The first-order valence-electron chi connectivity index (χ1n) is 3.92. The zero-order valence-corrected chi connectivity index (χ0v) is 7.62. The number of carbonyl (C=O) groups is 2. The van der Waals surface area contributed by atoms with Crippen LogP contribution in [0, 0.1) is 5.82 Å². The van der Waals surface area contributed by atoms with Crippen LogP contribution in [0.1, 0.15) is 20.7 Å². The van der Waals surface area contributed by atoms with Crippen molar-refractivity contribution in [1.82, 2.24) is 0 Å². The van der Waals surface area contributed by atoms with E-state index in [1.165, 1.54) is 0 Å². The molecule has 0 aliphatic carbocycles. The third-order valence-corrected chi connectivity index (χ3v) is 1.65. The number of benzene rings is 1. The SMILES string of the molecule is O=Cc1cc(F)cc(OC(F)F)c1C(=O)O. The van der Waals surface area contributed by atoms with E-state index in [2.05, 4.69) is 4.74 Å². The quantitative estimate of drug-likeness (QED) is 0.808. The lowest BCUT2D eigenvalue weighted by molar-refractivity contribution is -0.0505. The minimum absolute atomic E-state index is 0.0465. The van der Waals surface area contributed by atoms with E-state index >= 15 is 0 Å². The molecule has 0 heterocycles. The molecule has 0 aliphatic rings. The Bertz CT molecular complexity index is 431. The van der Waals surface area contributed by atoms with Gasteiger partial charge in [-0.3, -0.25) is 4.79 Å². The van der Waals surface area contributed by atoms with Gasteiger partial charge in [0.15, 0.2) is 6.29 Å². The molecule has 7 heteroatoms. The van der Waals surface area contributed by atoms with Crippen molar-refractivity contribution in [3.63, 3.8) is 0 Å². The molecule has 1 rings (SSSR count). The molecular formula is C9H5F3O4. The molecule has 0 saturated heterocycles. The Labute approximate surface area is 87.3 Å². The van der Waals surface area contributed by atoms with Crippen LogP contribution in [0.2, 0.25) is 0 Å². The third-order valence-electron chi connectivity index (χ3n) is 1.65. The number of carbonyl (C=O) groups excluding carboxylic acids is 1. The highest BCUT2D eigenvalue weighted by molar-refractivity contribution is 5.99. The van der Waals surface area contributed by atoms with Gasteiger partial charge in [0.2, 0.25) is 0 Å². The molecule has 0 radical (unpaired) electrons. The van der Waals surface area contributed by atoms with Gasteiger partial charge < -0.3 is 9.84 Å². The molecule has 1 N–H and O–H groups in total. The molecule has 1 aromatic rings. The fraction of sp³-hybridized carbons (Fsp3) is 0.111. The molecule has 0 amide bonds. The summed E-state index contributed by atoms with van der Waals surface area (Å²) in [6.07, 6.45) is 0.0465. The van der Waals surface area contributed by atoms with Gasteiger partial charge in [-0.05, 0) is 6.07 Å². The summed E-state index contributed by atoms with van der Waals surface area (Å²) < 4.78 is 40.5. The van der Waals surface area contributed by atoms with Crippen molar-refractivity contribution in [1.29, 1.82) is 0 Å². The van der Waals surface area contributed by atoms with Crippen LogP contribution in [0.15, 0.2) is 12.1 Å². The lowest BCUT2D eigenvalue weighted by atomic mass is 10.1. The lowest BCUT2D eigenvalue weighted by Crippen LogP contribution is -2.10. The summed E-state index contributed by atoms with van der Waals surface area (Å²) in [7, 11) is 0. The van der Waals surface area contributed by atoms with E-state index in [9.17, 15) is 22.8 Å². The summed E-state index contributed by atoms with van der Waals surface area (Å²) in [6.45, 7) is -3.31. The second-order valence-corrected chi connectivity index (χ2v) is 2.67. The van der Waals surface area contributed by atoms with E-state index in [0.29, 0.717) is 12.1 Å². The number of aromatic carboxylic acids is 1. The van der Waals surface area contributed by atoms with Crippen molar-refractivity contribution in [3.8, 4) is 5.75 Å². The van der Waals surface area contributed by atoms with Gasteiger partial charge in [0.1, 0.15) is 17.1 Å². The lowest BCUT2D eigenvalue weighted by Gasteiger charge is -2.09. The molecule has 0 saturated carbocycles. The Morgan fingerprint density at radius 3 is 2.50 bits per heavy atom. The van der Waals surface area contributed by atoms with Crippen molar-refractivity contribution in [3.05, 3.63) is 29.1 Å². The zero-order valence-electron chi connectivity index (χ0n) is 7.62. The van der Waals surface area contributed by atoms with E-state index in [-0.39, 0.29) is 6.29 Å². The molecule has 0 spiro atoms. The summed E-state index contributed by atoms with van der Waals surface area (Å²) in [5, 5.41) is 8.68. The molecule has 0 bridgehead atoms. The number of alkyl halides is 2. The summed E-state index contributed by atoms with van der Waals surface area (Å²) in [6, 6.07) is 1.09. The second-order valence-electron chi connectivity index (χ2n) is 2.67. The number of halogens is 3. The monoisotopic (exact) mass is 234 g/mol. The van der Waals surface area contributed by atoms with Crippen LogP contribution in [0.3, 0.4) is 0 Å². The molecule has 0 fully saturated rings. The van der Waals surface area contributed by atoms with Gasteiger partial charge in [-0.25, -0.2) is 9.18 Å². The van der Waals surface area contributed by atoms with Gasteiger partial charge in [0, 0.05) is 11.6 Å². The fourth-order valence-electron chi connectivity index (χ4n) is 1.11. The average molecular weight is 234 g/mol. The highest BCUT2D eigenvalue weighted by atomic mass is 19.3. The fourth-order valence-corrected chi connectivity index (χ4v) is 1.11. The number of rotatable bonds is 4. The maximum Gasteiger partial charge on any atom is 0.387 e. The molecule has 16 heavy (non-hydrogen) atoms. The maximum atomic E-state index is 12.8. The van der Waals surface area contributed by atoms with Crippen LogP contribution < -0.4 is 4.74 Å². The van der Waals surface area contributed by atoms with Crippen molar-refractivity contribution in [2.75, 3.05) is 0 Å². The van der Waals surface area contributed by atoms with Crippen LogP contribution in [-0.4, -0.2) is 24.0 Å². The first kappa shape index (κ1) is 12.0. The number of carboxylic acids is 1. The predicted octanol–water partition coefficient (Wildman–Crippen LogP) is 1.94. The van der Waals surface area contributed by atoms with Gasteiger partial charge in [-0.2, -0.15) is 8.78 Å². The molecule has 4 nitrogen and oxygen atoms in total. The largest absolute Gasteiger partial charge is 0.478 e. The summed E-state index contributed by atoms with van der Waals surface area (Å²) in [5.41, 5.74) is -1.36. The Kier molecular flexibility index (Phi) is 3.49. The number of carboxylic acid groups (broad SMARTS) is 1. The normalized spacial score (nSPS) is 10.2. The third kappa shape index (κ3) is 2.50. The maximum absolute atomic E-state index is 12.8. The molecular weight excluding hydrogens is 229 g/mol. The summed E-state index contributed by atoms with van der Waals surface area (Å²) in [4.78, 5) is 21.1. The molecule has 0 atom stereocenters. The molecule has 0 aromatic heterocycles. The van der Waals surface area contributed by atoms with Crippen molar-refractivity contribution >= 4 is 12.3 Å². The molecule has 86 valence electrons. The smallest absolute Gasteiger partial charge is 0.387 e. The molecule has 0 aliphatic heterocycles. The minimum Gasteiger partial charge on any atom is -0.478 e. The van der Waals surface area contributed by atoms with E-state index in [0.717, 1.165) is 0 Å². The van der Waals surface area contributed by atoms with Gasteiger partial charge in [0.25, 0.3) is 0 Å². The van der Waals surface area contributed by atoms with Crippen molar-refractivity contribution < 1.29 is 32.6 Å². The number of aldehydes is 1. The van der Waals surface area contributed by atoms with E-state index in [1.807, 2.05) is 0 Å². The first-order valence-corrected chi connectivity index (χ1v) is 3.92. The van der Waals surface area contributed by atoms with Gasteiger partial charge in [-0.1, -0.05) is 0 Å². The molecule has 1 aromatic carbocycles. The van der Waals surface area contributed by atoms with Gasteiger partial charge in [0.05, 0.1) is 0 Å². The predicted molar refractivity (Wildman–Crippen MR) is 45.4 cm³/mol. The van der Waals surface area contributed by atoms with Gasteiger partial charge in [-0.15, -0.1) is 0 Å². The van der Waals surface area contributed by atoms with E-state index < -0.39 is 35.3 Å². The topological polar surface area (TPSA) is 63.6 Å². The Hall–Kier alpha value is -2.05. The van der Waals surface area contributed by atoms with Crippen LogP contribution >= 0.6 is 0 Å².